The molecule has 0 spiro atoms. The van der Waals surface area contributed by atoms with Crippen molar-refractivity contribution in [3.63, 3.8) is 0 Å². The van der Waals surface area contributed by atoms with Gasteiger partial charge < -0.3 is 10.6 Å². The van der Waals surface area contributed by atoms with E-state index >= 15 is 0 Å². The smallest absolute Gasteiger partial charge is 0.000835 e. The summed E-state index contributed by atoms with van der Waals surface area (Å²) < 4.78 is 0. The monoisotopic (exact) mass is 246 g/mol. The van der Waals surface area contributed by atoms with Crippen LogP contribution in [0.2, 0.25) is 0 Å². The lowest BCUT2D eigenvalue weighted by atomic mass is 9.96. The Morgan fingerprint density at radius 2 is 2.06 bits per heavy atom. The molecule has 0 aliphatic carbocycles. The zero-order valence-corrected chi connectivity index (χ0v) is 11.5. The van der Waals surface area contributed by atoms with Gasteiger partial charge in [0.2, 0.25) is 0 Å². The Balaban J connectivity index is 1.54. The highest BCUT2D eigenvalue weighted by molar-refractivity contribution is 5.21. The quantitative estimate of drug-likeness (QED) is 0.754. The Morgan fingerprint density at radius 3 is 2.78 bits per heavy atom. The summed E-state index contributed by atoms with van der Waals surface area (Å²) in [6, 6.07) is 8.87. The Hall–Kier alpha value is -0.860. The van der Waals surface area contributed by atoms with Crippen molar-refractivity contribution in [2.75, 3.05) is 26.2 Å². The SMILES string of the molecule is Cc1ccc(CCNCCC2CCCNC2)cc1. The molecule has 0 saturated carbocycles. The zero-order chi connectivity index (χ0) is 12.6. The highest BCUT2D eigenvalue weighted by atomic mass is 14.9. The molecule has 1 unspecified atom stereocenters. The van der Waals surface area contributed by atoms with Gasteiger partial charge >= 0.3 is 0 Å². The predicted molar refractivity (Wildman–Crippen MR) is 78.0 cm³/mol. The number of hydrogen-bond donors (Lipinski definition) is 2. The van der Waals surface area contributed by atoms with E-state index < -0.39 is 0 Å². The third-order valence-electron chi connectivity index (χ3n) is 3.84. The number of benzene rings is 1. The third kappa shape index (κ3) is 4.79. The van der Waals surface area contributed by atoms with Gasteiger partial charge in [0.1, 0.15) is 0 Å². The van der Waals surface area contributed by atoms with Crippen LogP contribution in [0.5, 0.6) is 0 Å². The van der Waals surface area contributed by atoms with Crippen molar-refractivity contribution in [3.05, 3.63) is 35.4 Å². The molecular formula is C16H26N2. The van der Waals surface area contributed by atoms with Crippen LogP contribution in [0, 0.1) is 12.8 Å². The number of nitrogens with one attached hydrogen (secondary N) is 2. The maximum atomic E-state index is 3.57. The van der Waals surface area contributed by atoms with Crippen molar-refractivity contribution < 1.29 is 0 Å². The second kappa shape index (κ2) is 7.55. The van der Waals surface area contributed by atoms with Crippen LogP contribution in [0.1, 0.15) is 30.4 Å². The molecule has 2 nitrogen and oxygen atoms in total. The van der Waals surface area contributed by atoms with Gasteiger partial charge in [-0.3, -0.25) is 0 Å². The molecule has 0 radical (unpaired) electrons. The maximum absolute atomic E-state index is 3.57. The van der Waals surface area contributed by atoms with Gasteiger partial charge in [0.15, 0.2) is 0 Å². The first-order chi connectivity index (χ1) is 8.84. The van der Waals surface area contributed by atoms with Crippen molar-refractivity contribution >= 4 is 0 Å². The van der Waals surface area contributed by atoms with Crippen molar-refractivity contribution in [3.8, 4) is 0 Å². The van der Waals surface area contributed by atoms with Gasteiger partial charge in [0.25, 0.3) is 0 Å². The Kier molecular flexibility index (Phi) is 5.69. The molecule has 1 aliphatic heterocycles. The van der Waals surface area contributed by atoms with Crippen molar-refractivity contribution in [2.45, 2.75) is 32.6 Å². The molecule has 2 rings (SSSR count). The standard InChI is InChI=1S/C16H26N2/c1-14-4-6-15(7-5-14)8-11-17-12-9-16-3-2-10-18-13-16/h4-7,16-18H,2-3,8-13H2,1H3. The maximum Gasteiger partial charge on any atom is -0.000835 e. The Bertz CT molecular complexity index is 325. The Morgan fingerprint density at radius 1 is 1.22 bits per heavy atom. The number of rotatable bonds is 6. The minimum atomic E-state index is 0.894. The second-order valence-electron chi connectivity index (χ2n) is 5.49. The van der Waals surface area contributed by atoms with Gasteiger partial charge in [-0.1, -0.05) is 29.8 Å². The highest BCUT2D eigenvalue weighted by Gasteiger charge is 2.11. The van der Waals surface area contributed by atoms with E-state index in [1.807, 2.05) is 0 Å². The van der Waals surface area contributed by atoms with Gasteiger partial charge in [0, 0.05) is 0 Å². The molecule has 1 heterocycles. The minimum Gasteiger partial charge on any atom is -0.316 e. The van der Waals surface area contributed by atoms with Crippen LogP contribution in [-0.2, 0) is 6.42 Å². The van der Waals surface area contributed by atoms with Gasteiger partial charge in [0.05, 0.1) is 0 Å². The van der Waals surface area contributed by atoms with E-state index in [-0.39, 0.29) is 0 Å². The van der Waals surface area contributed by atoms with E-state index in [2.05, 4.69) is 41.8 Å². The zero-order valence-electron chi connectivity index (χ0n) is 11.5. The second-order valence-corrected chi connectivity index (χ2v) is 5.49. The molecule has 2 N–H and O–H groups in total. The summed E-state index contributed by atoms with van der Waals surface area (Å²) in [5.41, 5.74) is 2.78. The lowest BCUT2D eigenvalue weighted by molar-refractivity contribution is 0.352. The van der Waals surface area contributed by atoms with Gasteiger partial charge in [-0.05, 0) is 70.3 Å². The summed E-state index contributed by atoms with van der Waals surface area (Å²) in [6.07, 6.45) is 5.23. The van der Waals surface area contributed by atoms with E-state index in [1.165, 1.54) is 43.5 Å². The molecule has 1 aliphatic rings. The van der Waals surface area contributed by atoms with Crippen LogP contribution < -0.4 is 10.6 Å². The molecule has 1 fully saturated rings. The van der Waals surface area contributed by atoms with E-state index in [1.54, 1.807) is 0 Å². The van der Waals surface area contributed by atoms with Crippen LogP contribution in [0.25, 0.3) is 0 Å². The fourth-order valence-corrected chi connectivity index (χ4v) is 2.59. The number of aryl methyl sites for hydroxylation is 1. The molecular weight excluding hydrogens is 220 g/mol. The first-order valence-corrected chi connectivity index (χ1v) is 7.31. The number of hydrogen-bond acceptors (Lipinski definition) is 2. The first-order valence-electron chi connectivity index (χ1n) is 7.31. The van der Waals surface area contributed by atoms with E-state index in [0.717, 1.165) is 25.4 Å². The van der Waals surface area contributed by atoms with Crippen molar-refractivity contribution in [2.24, 2.45) is 5.92 Å². The van der Waals surface area contributed by atoms with E-state index in [4.69, 9.17) is 0 Å². The molecule has 100 valence electrons. The third-order valence-corrected chi connectivity index (χ3v) is 3.84. The van der Waals surface area contributed by atoms with Gasteiger partial charge in [-0.2, -0.15) is 0 Å². The van der Waals surface area contributed by atoms with E-state index in [9.17, 15) is 0 Å². The molecule has 0 bridgehead atoms. The van der Waals surface area contributed by atoms with Crippen LogP contribution in [0.3, 0.4) is 0 Å². The molecule has 0 amide bonds. The molecule has 2 heteroatoms. The van der Waals surface area contributed by atoms with Gasteiger partial charge in [-0.25, -0.2) is 0 Å². The lowest BCUT2D eigenvalue weighted by Gasteiger charge is -2.22. The molecule has 1 atom stereocenters. The molecule has 1 saturated heterocycles. The molecule has 1 aromatic rings. The van der Waals surface area contributed by atoms with Crippen LogP contribution >= 0.6 is 0 Å². The summed E-state index contributed by atoms with van der Waals surface area (Å²) in [5.74, 6) is 0.894. The largest absolute Gasteiger partial charge is 0.316 e. The highest BCUT2D eigenvalue weighted by Crippen LogP contribution is 2.12. The van der Waals surface area contributed by atoms with Crippen molar-refractivity contribution in [1.29, 1.82) is 0 Å². The summed E-state index contributed by atoms with van der Waals surface area (Å²) in [4.78, 5) is 0. The average Bonchev–Trinajstić information content (AvgIpc) is 2.42. The number of piperidine rings is 1. The minimum absolute atomic E-state index is 0.894. The first kappa shape index (κ1) is 13.6. The van der Waals surface area contributed by atoms with Crippen molar-refractivity contribution in [1.82, 2.24) is 10.6 Å². The fraction of sp³-hybridized carbons (Fsp3) is 0.625. The Labute approximate surface area is 111 Å². The molecule has 18 heavy (non-hydrogen) atoms. The topological polar surface area (TPSA) is 24.1 Å². The van der Waals surface area contributed by atoms with Crippen LogP contribution in [0.15, 0.2) is 24.3 Å². The van der Waals surface area contributed by atoms with Gasteiger partial charge in [-0.15, -0.1) is 0 Å². The fourth-order valence-electron chi connectivity index (χ4n) is 2.59. The van der Waals surface area contributed by atoms with Crippen LogP contribution in [0.4, 0.5) is 0 Å². The normalized spacial score (nSPS) is 19.9. The van der Waals surface area contributed by atoms with Crippen LogP contribution in [-0.4, -0.2) is 26.2 Å². The molecule has 0 aromatic heterocycles. The average molecular weight is 246 g/mol. The molecule has 1 aromatic carbocycles. The summed E-state index contributed by atoms with van der Waals surface area (Å²) in [7, 11) is 0. The predicted octanol–water partition coefficient (Wildman–Crippen LogP) is 2.52. The lowest BCUT2D eigenvalue weighted by Crippen LogP contribution is -2.32. The van der Waals surface area contributed by atoms with E-state index in [0.29, 0.717) is 0 Å². The summed E-state index contributed by atoms with van der Waals surface area (Å²) >= 11 is 0. The summed E-state index contributed by atoms with van der Waals surface area (Å²) in [6.45, 7) is 6.85. The summed E-state index contributed by atoms with van der Waals surface area (Å²) in [5, 5.41) is 7.05.